The molecule has 7 heteroatoms. The van der Waals surface area contributed by atoms with E-state index in [1.165, 1.54) is 24.4 Å². The summed E-state index contributed by atoms with van der Waals surface area (Å²) in [6.07, 6.45) is -3.35. The maximum Gasteiger partial charge on any atom is 0.435 e. The molecule has 0 amide bonds. The van der Waals surface area contributed by atoms with E-state index in [-0.39, 0.29) is 17.3 Å². The number of nitrogens with zero attached hydrogens (tertiary/aromatic N) is 2. The van der Waals surface area contributed by atoms with Crippen molar-refractivity contribution in [3.63, 3.8) is 0 Å². The van der Waals surface area contributed by atoms with E-state index in [1.54, 1.807) is 14.0 Å². The van der Waals surface area contributed by atoms with E-state index in [9.17, 15) is 17.6 Å². The van der Waals surface area contributed by atoms with Crippen LogP contribution in [0.2, 0.25) is 0 Å². The van der Waals surface area contributed by atoms with Gasteiger partial charge in [-0.3, -0.25) is 0 Å². The molecule has 1 heterocycles. The van der Waals surface area contributed by atoms with E-state index in [2.05, 4.69) is 10.4 Å². The SMILES string of the molecule is CNC(C)c1c(F)cccc1-n1ccc(C(F)(F)F)n1. The summed E-state index contributed by atoms with van der Waals surface area (Å²) in [5, 5.41) is 6.33. The number of hydrogen-bond acceptors (Lipinski definition) is 2. The average Bonchev–Trinajstić information content (AvgIpc) is 2.87. The first-order valence-electron chi connectivity index (χ1n) is 5.93. The molecule has 0 spiro atoms. The Bertz CT molecular complexity index is 604. The smallest absolute Gasteiger partial charge is 0.313 e. The molecule has 0 aliphatic heterocycles. The number of alkyl halides is 3. The van der Waals surface area contributed by atoms with Crippen LogP contribution in [-0.2, 0) is 6.18 Å². The Hall–Kier alpha value is -1.89. The van der Waals surface area contributed by atoms with Gasteiger partial charge in [0, 0.05) is 17.8 Å². The van der Waals surface area contributed by atoms with Crippen LogP contribution < -0.4 is 5.32 Å². The van der Waals surface area contributed by atoms with Crippen LogP contribution in [0.25, 0.3) is 5.69 Å². The summed E-state index contributed by atoms with van der Waals surface area (Å²) in [7, 11) is 1.64. The van der Waals surface area contributed by atoms with Gasteiger partial charge in [0.1, 0.15) is 5.82 Å². The van der Waals surface area contributed by atoms with E-state index in [4.69, 9.17) is 0 Å². The number of aromatic nitrogens is 2. The lowest BCUT2D eigenvalue weighted by Gasteiger charge is -2.16. The molecule has 0 saturated carbocycles. The fourth-order valence-corrected chi connectivity index (χ4v) is 1.91. The molecular formula is C13H13F4N3. The summed E-state index contributed by atoms with van der Waals surface area (Å²) in [5.41, 5.74) is -0.459. The van der Waals surface area contributed by atoms with Crippen molar-refractivity contribution in [2.75, 3.05) is 7.05 Å². The highest BCUT2D eigenvalue weighted by Crippen LogP contribution is 2.29. The number of hydrogen-bond donors (Lipinski definition) is 1. The minimum Gasteiger partial charge on any atom is -0.313 e. The van der Waals surface area contributed by atoms with Crippen molar-refractivity contribution >= 4 is 0 Å². The van der Waals surface area contributed by atoms with E-state index in [0.29, 0.717) is 0 Å². The summed E-state index contributed by atoms with van der Waals surface area (Å²) in [4.78, 5) is 0. The van der Waals surface area contributed by atoms with Gasteiger partial charge in [-0.2, -0.15) is 18.3 Å². The molecule has 2 aromatic rings. The molecule has 3 nitrogen and oxygen atoms in total. The highest BCUT2D eigenvalue weighted by atomic mass is 19.4. The van der Waals surface area contributed by atoms with E-state index in [0.717, 1.165) is 10.7 Å². The van der Waals surface area contributed by atoms with Gasteiger partial charge in [0.05, 0.1) is 5.69 Å². The van der Waals surface area contributed by atoms with E-state index in [1.807, 2.05) is 0 Å². The zero-order valence-electron chi connectivity index (χ0n) is 10.9. The molecule has 1 aromatic carbocycles. The second-order valence-electron chi connectivity index (χ2n) is 4.33. The molecule has 1 N–H and O–H groups in total. The van der Waals surface area contributed by atoms with Gasteiger partial charge in [-0.1, -0.05) is 6.07 Å². The number of benzene rings is 1. The van der Waals surface area contributed by atoms with Crippen LogP contribution in [0.4, 0.5) is 17.6 Å². The minimum atomic E-state index is -4.52. The third kappa shape index (κ3) is 2.67. The Kier molecular flexibility index (Phi) is 3.80. The lowest BCUT2D eigenvalue weighted by Crippen LogP contribution is -2.17. The zero-order valence-corrected chi connectivity index (χ0v) is 10.9. The quantitative estimate of drug-likeness (QED) is 0.878. The average molecular weight is 287 g/mol. The van der Waals surface area contributed by atoms with Crippen LogP contribution in [-0.4, -0.2) is 16.8 Å². The molecule has 0 saturated heterocycles. The lowest BCUT2D eigenvalue weighted by atomic mass is 10.1. The predicted octanol–water partition coefficient (Wildman–Crippen LogP) is 3.31. The normalized spacial score (nSPS) is 13.5. The molecule has 0 bridgehead atoms. The summed E-state index contributed by atoms with van der Waals surface area (Å²) in [6.45, 7) is 1.72. The van der Waals surface area contributed by atoms with Gasteiger partial charge in [-0.25, -0.2) is 9.07 Å². The molecule has 1 aromatic heterocycles. The van der Waals surface area contributed by atoms with Crippen LogP contribution in [0.5, 0.6) is 0 Å². The molecule has 2 rings (SSSR count). The Morgan fingerprint density at radius 1 is 1.25 bits per heavy atom. The highest BCUT2D eigenvalue weighted by molar-refractivity contribution is 5.43. The van der Waals surface area contributed by atoms with Crippen LogP contribution in [0.1, 0.15) is 24.2 Å². The first kappa shape index (κ1) is 14.5. The van der Waals surface area contributed by atoms with Gasteiger partial charge in [-0.15, -0.1) is 0 Å². The van der Waals surface area contributed by atoms with Gasteiger partial charge >= 0.3 is 6.18 Å². The lowest BCUT2D eigenvalue weighted by molar-refractivity contribution is -0.141. The fourth-order valence-electron chi connectivity index (χ4n) is 1.91. The highest BCUT2D eigenvalue weighted by Gasteiger charge is 2.34. The predicted molar refractivity (Wildman–Crippen MR) is 66.0 cm³/mol. The van der Waals surface area contributed by atoms with Gasteiger partial charge in [0.2, 0.25) is 0 Å². The molecule has 1 unspecified atom stereocenters. The van der Waals surface area contributed by atoms with Crippen molar-refractivity contribution in [2.45, 2.75) is 19.1 Å². The summed E-state index contributed by atoms with van der Waals surface area (Å²) >= 11 is 0. The Morgan fingerprint density at radius 2 is 1.95 bits per heavy atom. The van der Waals surface area contributed by atoms with Gasteiger partial charge in [0.25, 0.3) is 0 Å². The molecule has 108 valence electrons. The van der Waals surface area contributed by atoms with Crippen molar-refractivity contribution < 1.29 is 17.6 Å². The monoisotopic (exact) mass is 287 g/mol. The maximum atomic E-state index is 13.9. The third-order valence-corrected chi connectivity index (χ3v) is 3.02. The second-order valence-corrected chi connectivity index (χ2v) is 4.33. The number of nitrogens with one attached hydrogen (secondary N) is 1. The van der Waals surface area contributed by atoms with Crippen LogP contribution in [0.15, 0.2) is 30.5 Å². The van der Waals surface area contributed by atoms with E-state index >= 15 is 0 Å². The standard InChI is InChI=1S/C13H13F4N3/c1-8(18-2)12-9(14)4-3-5-10(12)20-7-6-11(19-20)13(15,16)17/h3-8,18H,1-2H3. The number of halogens is 4. The molecule has 0 radical (unpaired) electrons. The Balaban J connectivity index is 2.53. The van der Waals surface area contributed by atoms with Gasteiger partial charge in [-0.05, 0) is 32.2 Å². The van der Waals surface area contributed by atoms with Crippen LogP contribution in [0.3, 0.4) is 0 Å². The Labute approximate surface area is 113 Å². The van der Waals surface area contributed by atoms with Gasteiger partial charge in [0.15, 0.2) is 5.69 Å². The summed E-state index contributed by atoms with van der Waals surface area (Å²) in [5.74, 6) is -0.492. The molecule has 0 aliphatic carbocycles. The third-order valence-electron chi connectivity index (χ3n) is 3.02. The van der Waals surface area contributed by atoms with Crippen molar-refractivity contribution in [1.82, 2.24) is 15.1 Å². The topological polar surface area (TPSA) is 29.9 Å². The Morgan fingerprint density at radius 3 is 2.50 bits per heavy atom. The molecule has 20 heavy (non-hydrogen) atoms. The first-order chi connectivity index (χ1) is 9.34. The van der Waals surface area contributed by atoms with Crippen molar-refractivity contribution in [1.29, 1.82) is 0 Å². The van der Waals surface area contributed by atoms with Crippen LogP contribution in [0, 0.1) is 5.82 Å². The summed E-state index contributed by atoms with van der Waals surface area (Å²) < 4.78 is 52.6. The molecule has 0 fully saturated rings. The second kappa shape index (κ2) is 5.24. The minimum absolute atomic E-state index is 0.270. The maximum absolute atomic E-state index is 13.9. The van der Waals surface area contributed by atoms with Crippen molar-refractivity contribution in [3.05, 3.63) is 47.5 Å². The number of rotatable bonds is 3. The zero-order chi connectivity index (χ0) is 14.9. The van der Waals surface area contributed by atoms with Crippen LogP contribution >= 0.6 is 0 Å². The van der Waals surface area contributed by atoms with E-state index < -0.39 is 17.7 Å². The van der Waals surface area contributed by atoms with Crippen molar-refractivity contribution in [3.8, 4) is 5.69 Å². The molecular weight excluding hydrogens is 274 g/mol. The largest absolute Gasteiger partial charge is 0.435 e. The van der Waals surface area contributed by atoms with Gasteiger partial charge < -0.3 is 5.32 Å². The summed E-state index contributed by atoms with van der Waals surface area (Å²) in [6, 6.07) is 4.73. The molecule has 1 atom stereocenters. The first-order valence-corrected chi connectivity index (χ1v) is 5.93. The van der Waals surface area contributed by atoms with Crippen molar-refractivity contribution in [2.24, 2.45) is 0 Å². The molecule has 0 aliphatic rings. The fraction of sp³-hybridized carbons (Fsp3) is 0.308.